The molecule has 11 atom stereocenters. The van der Waals surface area contributed by atoms with Gasteiger partial charge in [0.05, 0.1) is 24.2 Å². The Morgan fingerprint density at radius 1 is 0.970 bits per heavy atom. The molecule has 0 amide bonds. The van der Waals surface area contributed by atoms with E-state index in [1.165, 1.54) is 5.57 Å². The molecule has 0 unspecified atom stereocenters. The van der Waals surface area contributed by atoms with Crippen molar-refractivity contribution in [3.63, 3.8) is 0 Å². The van der Waals surface area contributed by atoms with Crippen molar-refractivity contribution in [2.75, 3.05) is 6.61 Å². The third-order valence-corrected chi connectivity index (χ3v) is 12.5. The number of aliphatic hydroxyl groups is 3. The van der Waals surface area contributed by atoms with Crippen LogP contribution in [0.3, 0.4) is 0 Å². The molecule has 33 heavy (non-hydrogen) atoms. The summed E-state index contributed by atoms with van der Waals surface area (Å²) in [5.41, 5.74) is 0.239. The van der Waals surface area contributed by atoms with Crippen LogP contribution in [0.4, 0.5) is 0 Å². The normalized spacial score (nSPS) is 57.8. The minimum Gasteiger partial charge on any atom is -0.395 e. The van der Waals surface area contributed by atoms with E-state index < -0.39 is 23.0 Å². The standard InChI is InChI=1S/C29H44O4/c1-25(16-30)12-8-18-9-14-28(4)19(23(18)24(25)33)6-7-21-26(2)13-11-22(32)27(3,17-31)20(26)10-15-29(21,28)5/h8-9,12,17,19-24,30,32-33H,6-7,10-11,13-16H2,1-5H3/t19-,20-,21-,22-,23-,24+,25+,26+,27+,28-,29-/m1/s1. The lowest BCUT2D eigenvalue weighted by Gasteiger charge is -2.71. The highest BCUT2D eigenvalue weighted by Gasteiger charge is 2.69. The molecule has 0 saturated heterocycles. The molecule has 4 heteroatoms. The Labute approximate surface area is 199 Å². The van der Waals surface area contributed by atoms with Gasteiger partial charge in [-0.1, -0.05) is 52.8 Å². The minimum atomic E-state index is -0.654. The average Bonchev–Trinajstić information content (AvgIpc) is 2.79. The molecule has 5 rings (SSSR count). The van der Waals surface area contributed by atoms with Gasteiger partial charge in [0.2, 0.25) is 0 Å². The van der Waals surface area contributed by atoms with Gasteiger partial charge in [0.1, 0.15) is 6.29 Å². The Bertz CT molecular complexity index is 894. The zero-order chi connectivity index (χ0) is 24.0. The number of hydrogen-bond donors (Lipinski definition) is 3. The second kappa shape index (κ2) is 7.27. The third-order valence-electron chi connectivity index (χ3n) is 12.5. The second-order valence-corrected chi connectivity index (χ2v) is 13.6. The topological polar surface area (TPSA) is 77.8 Å². The molecule has 3 saturated carbocycles. The van der Waals surface area contributed by atoms with Gasteiger partial charge in [0.25, 0.3) is 0 Å². The van der Waals surface area contributed by atoms with Crippen molar-refractivity contribution in [3.8, 4) is 0 Å². The van der Waals surface area contributed by atoms with E-state index in [-0.39, 0.29) is 34.7 Å². The van der Waals surface area contributed by atoms with E-state index in [2.05, 4.69) is 32.9 Å². The number of carbonyl (C=O) groups is 1. The first-order chi connectivity index (χ1) is 15.4. The smallest absolute Gasteiger partial charge is 0.128 e. The maximum atomic E-state index is 12.3. The number of allylic oxidation sites excluding steroid dienone is 2. The van der Waals surface area contributed by atoms with Crippen LogP contribution in [0.2, 0.25) is 0 Å². The quantitative estimate of drug-likeness (QED) is 0.528. The van der Waals surface area contributed by atoms with Crippen molar-refractivity contribution in [1.82, 2.24) is 0 Å². The Hall–Kier alpha value is -0.970. The van der Waals surface area contributed by atoms with Crippen molar-refractivity contribution in [3.05, 3.63) is 23.8 Å². The maximum absolute atomic E-state index is 12.3. The molecular formula is C29H44O4. The lowest BCUT2D eigenvalue weighted by Crippen LogP contribution is -2.66. The molecule has 3 N–H and O–H groups in total. The van der Waals surface area contributed by atoms with E-state index in [9.17, 15) is 20.1 Å². The molecule has 0 radical (unpaired) electrons. The van der Waals surface area contributed by atoms with Crippen molar-refractivity contribution < 1.29 is 20.1 Å². The molecule has 0 aromatic rings. The fraction of sp³-hybridized carbons (Fsp3) is 0.828. The van der Waals surface area contributed by atoms with Gasteiger partial charge in [-0.2, -0.15) is 0 Å². The van der Waals surface area contributed by atoms with Gasteiger partial charge in [0, 0.05) is 11.3 Å². The Morgan fingerprint density at radius 2 is 1.70 bits per heavy atom. The molecule has 0 aromatic carbocycles. The molecule has 3 fully saturated rings. The van der Waals surface area contributed by atoms with Crippen molar-refractivity contribution in [1.29, 1.82) is 0 Å². The Kier molecular flexibility index (Phi) is 5.24. The summed E-state index contributed by atoms with van der Waals surface area (Å²) in [6.45, 7) is 11.3. The predicted molar refractivity (Wildman–Crippen MR) is 129 cm³/mol. The molecule has 5 aliphatic carbocycles. The van der Waals surface area contributed by atoms with Gasteiger partial charge in [0.15, 0.2) is 0 Å². The van der Waals surface area contributed by atoms with Crippen LogP contribution in [0.5, 0.6) is 0 Å². The average molecular weight is 457 g/mol. The molecule has 184 valence electrons. The third kappa shape index (κ3) is 2.78. The Balaban J connectivity index is 1.55. The van der Waals surface area contributed by atoms with E-state index in [0.717, 1.165) is 44.8 Å². The lowest BCUT2D eigenvalue weighted by atomic mass is 9.33. The van der Waals surface area contributed by atoms with Crippen LogP contribution in [0.25, 0.3) is 0 Å². The highest BCUT2D eigenvalue weighted by atomic mass is 16.3. The Morgan fingerprint density at radius 3 is 2.36 bits per heavy atom. The number of carbonyl (C=O) groups excluding carboxylic acids is 1. The van der Waals surface area contributed by atoms with E-state index in [0.29, 0.717) is 18.3 Å². The van der Waals surface area contributed by atoms with Crippen LogP contribution in [-0.4, -0.2) is 40.4 Å². The van der Waals surface area contributed by atoms with Crippen LogP contribution in [0, 0.1) is 50.7 Å². The fourth-order valence-electron chi connectivity index (χ4n) is 10.0. The molecule has 0 aromatic heterocycles. The van der Waals surface area contributed by atoms with E-state index in [1.807, 2.05) is 19.9 Å². The summed E-state index contributed by atoms with van der Waals surface area (Å²) in [6, 6.07) is 0. The van der Waals surface area contributed by atoms with Crippen LogP contribution in [0.15, 0.2) is 23.8 Å². The van der Waals surface area contributed by atoms with Crippen molar-refractivity contribution in [2.24, 2.45) is 50.7 Å². The summed E-state index contributed by atoms with van der Waals surface area (Å²) in [6.07, 6.45) is 13.5. The maximum Gasteiger partial charge on any atom is 0.128 e. The second-order valence-electron chi connectivity index (χ2n) is 13.6. The zero-order valence-corrected chi connectivity index (χ0v) is 21.2. The summed E-state index contributed by atoms with van der Waals surface area (Å²) < 4.78 is 0. The monoisotopic (exact) mass is 456 g/mol. The number of rotatable bonds is 2. The van der Waals surface area contributed by atoms with Crippen LogP contribution in [0.1, 0.15) is 79.6 Å². The van der Waals surface area contributed by atoms with Gasteiger partial charge in [-0.3, -0.25) is 0 Å². The first-order valence-electron chi connectivity index (χ1n) is 13.2. The van der Waals surface area contributed by atoms with E-state index in [4.69, 9.17) is 0 Å². The van der Waals surface area contributed by atoms with Crippen molar-refractivity contribution in [2.45, 2.75) is 91.8 Å². The zero-order valence-electron chi connectivity index (χ0n) is 21.2. The largest absolute Gasteiger partial charge is 0.395 e. The highest BCUT2D eigenvalue weighted by molar-refractivity contribution is 5.61. The van der Waals surface area contributed by atoms with Gasteiger partial charge >= 0.3 is 0 Å². The van der Waals surface area contributed by atoms with Gasteiger partial charge < -0.3 is 20.1 Å². The van der Waals surface area contributed by atoms with Gasteiger partial charge in [-0.25, -0.2) is 0 Å². The molecule has 4 nitrogen and oxygen atoms in total. The first kappa shape index (κ1) is 23.8. The van der Waals surface area contributed by atoms with E-state index >= 15 is 0 Å². The summed E-state index contributed by atoms with van der Waals surface area (Å²) >= 11 is 0. The van der Waals surface area contributed by atoms with Gasteiger partial charge in [-0.05, 0) is 84.5 Å². The number of fused-ring (bicyclic) bond motifs is 7. The SMILES string of the molecule is C[C@@]1(C=O)[C@H](O)CC[C@]2(C)[C@H]3CC[C@@H]4[C@H]5C(=CC[C@@]4(C)[C@]3(C)CC[C@@H]12)C=C[C@@](C)(CO)[C@H]5O. The van der Waals surface area contributed by atoms with Crippen LogP contribution in [-0.2, 0) is 4.79 Å². The molecular weight excluding hydrogens is 412 g/mol. The minimum absolute atomic E-state index is 0.0376. The first-order valence-corrected chi connectivity index (χ1v) is 13.2. The molecule has 0 bridgehead atoms. The fourth-order valence-corrected chi connectivity index (χ4v) is 10.0. The van der Waals surface area contributed by atoms with E-state index in [1.54, 1.807) is 0 Å². The molecule has 0 heterocycles. The summed E-state index contributed by atoms with van der Waals surface area (Å²) in [5.74, 6) is 1.19. The number of aldehydes is 1. The summed E-state index contributed by atoms with van der Waals surface area (Å²) in [7, 11) is 0. The highest BCUT2D eigenvalue weighted by Crippen LogP contribution is 2.74. The molecule has 0 aliphatic heterocycles. The van der Waals surface area contributed by atoms with Crippen LogP contribution < -0.4 is 0 Å². The number of aliphatic hydroxyl groups excluding tert-OH is 3. The summed E-state index contributed by atoms with van der Waals surface area (Å²) in [4.78, 5) is 12.3. The molecule has 5 aliphatic rings. The van der Waals surface area contributed by atoms with Crippen molar-refractivity contribution >= 4 is 6.29 Å². The number of hydrogen-bond acceptors (Lipinski definition) is 4. The lowest BCUT2D eigenvalue weighted by molar-refractivity contribution is -0.232. The van der Waals surface area contributed by atoms with Crippen LogP contribution >= 0.6 is 0 Å². The predicted octanol–water partition coefficient (Wildman–Crippen LogP) is 4.68. The van der Waals surface area contributed by atoms with Gasteiger partial charge in [-0.15, -0.1) is 0 Å². The molecule has 0 spiro atoms. The summed E-state index contributed by atoms with van der Waals surface area (Å²) in [5, 5.41) is 32.4.